The topological polar surface area (TPSA) is 50.8 Å². The number of nitrogens with zero attached hydrogens (tertiary/aromatic N) is 1. The van der Waals surface area contributed by atoms with Crippen molar-refractivity contribution in [2.24, 2.45) is 0 Å². The predicted molar refractivity (Wildman–Crippen MR) is 95.7 cm³/mol. The second kappa shape index (κ2) is 8.92. The van der Waals surface area contributed by atoms with Gasteiger partial charge in [0.05, 0.1) is 20.8 Å². The van der Waals surface area contributed by atoms with Crippen LogP contribution in [0, 0.1) is 0 Å². The maximum atomic E-state index is 12.4. The van der Waals surface area contributed by atoms with E-state index in [1.807, 2.05) is 23.1 Å². The first-order valence-corrected chi connectivity index (χ1v) is 8.79. The number of benzene rings is 1. The van der Waals surface area contributed by atoms with Crippen molar-refractivity contribution < 1.29 is 14.3 Å². The number of piperidine rings is 1. The molecule has 5 heteroatoms. The summed E-state index contributed by atoms with van der Waals surface area (Å²) in [5.41, 5.74) is 1.16. The first-order chi connectivity index (χ1) is 11.6. The van der Waals surface area contributed by atoms with Crippen LogP contribution in [0.25, 0.3) is 0 Å². The van der Waals surface area contributed by atoms with Gasteiger partial charge in [-0.1, -0.05) is 6.07 Å². The Morgan fingerprint density at radius 3 is 2.46 bits per heavy atom. The monoisotopic (exact) mass is 334 g/mol. The second-order valence-corrected chi connectivity index (χ2v) is 6.55. The average Bonchev–Trinajstić information content (AvgIpc) is 2.58. The first kappa shape index (κ1) is 18.6. The molecule has 0 aromatic heterocycles. The average molecular weight is 334 g/mol. The lowest BCUT2D eigenvalue weighted by Crippen LogP contribution is -2.50. The van der Waals surface area contributed by atoms with Crippen LogP contribution in [0.3, 0.4) is 0 Å². The Morgan fingerprint density at radius 2 is 1.83 bits per heavy atom. The van der Waals surface area contributed by atoms with Crippen molar-refractivity contribution in [2.75, 3.05) is 27.3 Å². The third kappa shape index (κ3) is 4.63. The highest BCUT2D eigenvalue weighted by Crippen LogP contribution is 2.27. The van der Waals surface area contributed by atoms with E-state index in [-0.39, 0.29) is 5.91 Å². The second-order valence-electron chi connectivity index (χ2n) is 6.55. The Labute approximate surface area is 145 Å². The van der Waals surface area contributed by atoms with Gasteiger partial charge in [0, 0.05) is 12.1 Å². The van der Waals surface area contributed by atoms with Gasteiger partial charge in [-0.3, -0.25) is 4.79 Å². The summed E-state index contributed by atoms with van der Waals surface area (Å²) in [5, 5.41) is 3.27. The number of rotatable bonds is 7. The highest BCUT2D eigenvalue weighted by molar-refractivity contribution is 5.79. The number of likely N-dealkylation sites (tertiary alicyclic amines) is 1. The van der Waals surface area contributed by atoms with E-state index in [1.54, 1.807) is 14.2 Å². The molecule has 0 bridgehead atoms. The van der Waals surface area contributed by atoms with E-state index in [1.165, 1.54) is 6.42 Å². The maximum absolute atomic E-state index is 12.4. The zero-order valence-electron chi connectivity index (χ0n) is 15.3. The molecule has 1 aromatic carbocycles. The van der Waals surface area contributed by atoms with Crippen molar-refractivity contribution in [1.29, 1.82) is 0 Å². The molecule has 1 aliphatic rings. The van der Waals surface area contributed by atoms with Crippen LogP contribution in [0.1, 0.15) is 38.7 Å². The van der Waals surface area contributed by atoms with Crippen LogP contribution in [-0.4, -0.2) is 50.2 Å². The summed E-state index contributed by atoms with van der Waals surface area (Å²) in [6.07, 6.45) is 4.29. The van der Waals surface area contributed by atoms with Gasteiger partial charge in [0.1, 0.15) is 0 Å². The molecule has 24 heavy (non-hydrogen) atoms. The predicted octanol–water partition coefficient (Wildman–Crippen LogP) is 2.63. The van der Waals surface area contributed by atoms with Crippen LogP contribution in [0.5, 0.6) is 11.5 Å². The molecule has 0 spiro atoms. The van der Waals surface area contributed by atoms with Gasteiger partial charge in [-0.25, -0.2) is 0 Å². The smallest absolute Gasteiger partial charge is 0.237 e. The van der Waals surface area contributed by atoms with E-state index in [0.29, 0.717) is 18.6 Å². The molecule has 0 saturated carbocycles. The van der Waals surface area contributed by atoms with Gasteiger partial charge in [0.25, 0.3) is 0 Å². The third-order valence-electron chi connectivity index (χ3n) is 4.80. The van der Waals surface area contributed by atoms with Gasteiger partial charge in [0.2, 0.25) is 5.91 Å². The van der Waals surface area contributed by atoms with Crippen LogP contribution >= 0.6 is 0 Å². The molecule has 1 aliphatic heterocycles. The van der Waals surface area contributed by atoms with Gasteiger partial charge < -0.3 is 19.7 Å². The molecule has 0 radical (unpaired) electrons. The number of ether oxygens (including phenoxy) is 2. The molecular formula is C19H30N2O3. The quantitative estimate of drug-likeness (QED) is 0.779. The summed E-state index contributed by atoms with van der Waals surface area (Å²) < 4.78 is 10.6. The van der Waals surface area contributed by atoms with Gasteiger partial charge in [-0.05, 0) is 63.8 Å². The maximum Gasteiger partial charge on any atom is 0.237 e. The summed E-state index contributed by atoms with van der Waals surface area (Å²) >= 11 is 0. The Balaban J connectivity index is 1.79. The van der Waals surface area contributed by atoms with Gasteiger partial charge >= 0.3 is 0 Å². The molecule has 2 rings (SSSR count). The fourth-order valence-corrected chi connectivity index (χ4v) is 3.47. The Morgan fingerprint density at radius 1 is 1.17 bits per heavy atom. The zero-order valence-corrected chi connectivity index (χ0v) is 15.3. The van der Waals surface area contributed by atoms with Gasteiger partial charge in [0.15, 0.2) is 11.5 Å². The van der Waals surface area contributed by atoms with E-state index in [4.69, 9.17) is 9.47 Å². The van der Waals surface area contributed by atoms with E-state index >= 15 is 0 Å². The summed E-state index contributed by atoms with van der Waals surface area (Å²) in [5.74, 6) is 1.68. The number of amides is 1. The fraction of sp³-hybridized carbons (Fsp3) is 0.632. The van der Waals surface area contributed by atoms with Gasteiger partial charge in [-0.2, -0.15) is 0 Å². The third-order valence-corrected chi connectivity index (χ3v) is 4.80. The standard InChI is InChI=1S/C19H30N2O3/c1-14-6-5-7-15(2)21(14)19(22)13-20-11-10-16-8-9-17(23-3)18(12-16)24-4/h8-9,12,14-15,20H,5-7,10-11,13H2,1-4H3/t14-,15-/m1/s1. The van der Waals surface area contributed by atoms with Gasteiger partial charge in [-0.15, -0.1) is 0 Å². The van der Waals surface area contributed by atoms with Crippen molar-refractivity contribution in [3.05, 3.63) is 23.8 Å². The van der Waals surface area contributed by atoms with Crippen molar-refractivity contribution >= 4 is 5.91 Å². The minimum atomic E-state index is 0.210. The van der Waals surface area contributed by atoms with E-state index < -0.39 is 0 Å². The number of carbonyl (C=O) groups excluding carboxylic acids is 1. The molecule has 5 nitrogen and oxygen atoms in total. The van der Waals surface area contributed by atoms with Crippen LogP contribution < -0.4 is 14.8 Å². The Kier molecular flexibility index (Phi) is 6.91. The Hall–Kier alpha value is -1.75. The number of methoxy groups -OCH3 is 2. The number of hydrogen-bond donors (Lipinski definition) is 1. The minimum absolute atomic E-state index is 0.210. The molecule has 1 fully saturated rings. The molecule has 1 amide bonds. The first-order valence-electron chi connectivity index (χ1n) is 8.79. The highest BCUT2D eigenvalue weighted by Gasteiger charge is 2.28. The summed E-state index contributed by atoms with van der Waals surface area (Å²) in [6, 6.07) is 6.63. The van der Waals surface area contributed by atoms with E-state index in [0.717, 1.165) is 42.9 Å². The van der Waals surface area contributed by atoms with Crippen molar-refractivity contribution in [2.45, 2.75) is 51.6 Å². The highest BCUT2D eigenvalue weighted by atomic mass is 16.5. The molecular weight excluding hydrogens is 304 g/mol. The van der Waals surface area contributed by atoms with Crippen LogP contribution in [0.4, 0.5) is 0 Å². The zero-order chi connectivity index (χ0) is 17.5. The van der Waals surface area contributed by atoms with E-state index in [2.05, 4.69) is 19.2 Å². The van der Waals surface area contributed by atoms with Crippen molar-refractivity contribution in [3.63, 3.8) is 0 Å². The molecule has 0 aliphatic carbocycles. The summed E-state index contributed by atoms with van der Waals surface area (Å²) in [4.78, 5) is 14.5. The molecule has 0 unspecified atom stereocenters. The number of nitrogens with one attached hydrogen (secondary N) is 1. The molecule has 134 valence electrons. The molecule has 1 saturated heterocycles. The van der Waals surface area contributed by atoms with Crippen LogP contribution in [-0.2, 0) is 11.2 Å². The fourth-order valence-electron chi connectivity index (χ4n) is 3.47. The van der Waals surface area contributed by atoms with Crippen LogP contribution in [0.15, 0.2) is 18.2 Å². The summed E-state index contributed by atoms with van der Waals surface area (Å²) in [6.45, 7) is 5.47. The summed E-state index contributed by atoms with van der Waals surface area (Å²) in [7, 11) is 3.27. The lowest BCUT2D eigenvalue weighted by Gasteiger charge is -2.39. The largest absolute Gasteiger partial charge is 0.493 e. The lowest BCUT2D eigenvalue weighted by atomic mass is 9.97. The molecule has 1 heterocycles. The number of carbonyl (C=O) groups is 1. The minimum Gasteiger partial charge on any atom is -0.493 e. The SMILES string of the molecule is COc1ccc(CCNCC(=O)N2[C@H](C)CCC[C@H]2C)cc1OC. The molecule has 1 N–H and O–H groups in total. The number of hydrogen-bond acceptors (Lipinski definition) is 4. The lowest BCUT2D eigenvalue weighted by molar-refractivity contribution is -0.136. The van der Waals surface area contributed by atoms with Crippen molar-refractivity contribution in [3.8, 4) is 11.5 Å². The van der Waals surface area contributed by atoms with Crippen molar-refractivity contribution in [1.82, 2.24) is 10.2 Å². The molecule has 1 aromatic rings. The Bertz CT molecular complexity index is 537. The van der Waals surface area contributed by atoms with Crippen LogP contribution in [0.2, 0.25) is 0 Å². The van der Waals surface area contributed by atoms with E-state index in [9.17, 15) is 4.79 Å². The normalized spacial score (nSPS) is 20.8. The molecule has 2 atom stereocenters.